The zero-order valence-electron chi connectivity index (χ0n) is 16.3. The Morgan fingerprint density at radius 3 is 2.14 bits per heavy atom. The van der Waals surface area contributed by atoms with Crippen LogP contribution in [0.2, 0.25) is 0 Å². The van der Waals surface area contributed by atoms with Crippen molar-refractivity contribution in [2.24, 2.45) is 0 Å². The summed E-state index contributed by atoms with van der Waals surface area (Å²) in [5.74, 6) is 0. The fourth-order valence-corrected chi connectivity index (χ4v) is 6.80. The van der Waals surface area contributed by atoms with Gasteiger partial charge in [-0.1, -0.05) is 18.9 Å². The highest BCUT2D eigenvalue weighted by Crippen LogP contribution is 2.38. The third-order valence-electron chi connectivity index (χ3n) is 7.10. The van der Waals surface area contributed by atoms with Crippen molar-refractivity contribution in [2.75, 3.05) is 18.4 Å². The van der Waals surface area contributed by atoms with Crippen molar-refractivity contribution >= 4 is 21.7 Å². The van der Waals surface area contributed by atoms with Crippen LogP contribution in [-0.2, 0) is 35.7 Å². The summed E-state index contributed by atoms with van der Waals surface area (Å²) in [5, 5.41) is 2.44. The molecule has 5 rings (SSSR count). The van der Waals surface area contributed by atoms with Gasteiger partial charge in [0.2, 0.25) is 10.0 Å². The first-order valence-electron chi connectivity index (χ1n) is 10.7. The lowest BCUT2D eigenvalue weighted by atomic mass is 9.99. The van der Waals surface area contributed by atoms with Gasteiger partial charge in [0.25, 0.3) is 0 Å². The molecule has 1 aromatic carbocycles. The molecule has 2 fully saturated rings. The quantitative estimate of drug-likeness (QED) is 0.810. The van der Waals surface area contributed by atoms with Crippen LogP contribution >= 0.6 is 0 Å². The molecule has 0 spiro atoms. The van der Waals surface area contributed by atoms with Gasteiger partial charge in [0.05, 0.1) is 0 Å². The van der Waals surface area contributed by atoms with E-state index in [1.54, 1.807) is 0 Å². The molecule has 0 unspecified atom stereocenters. The van der Waals surface area contributed by atoms with E-state index >= 15 is 0 Å². The van der Waals surface area contributed by atoms with Crippen molar-refractivity contribution in [1.29, 1.82) is 0 Å². The van der Waals surface area contributed by atoms with Crippen LogP contribution in [0, 0.1) is 0 Å². The molecule has 0 aromatic heterocycles. The molecule has 2 N–H and O–H groups in total. The van der Waals surface area contributed by atoms with E-state index in [4.69, 9.17) is 0 Å². The van der Waals surface area contributed by atoms with Crippen LogP contribution in [0.15, 0.2) is 6.07 Å². The van der Waals surface area contributed by atoms with E-state index in [-0.39, 0.29) is 0 Å². The number of aryl methyl sites for hydroxylation is 2. The SMILES string of the molecule is O=C(Nc1c2c(cc3c1CCC3)CCC2)NS(=O)(=O)C1CN(C2CCCC2)C1. The highest BCUT2D eigenvalue weighted by atomic mass is 32.2. The summed E-state index contributed by atoms with van der Waals surface area (Å²) in [6, 6.07) is 2.24. The molecule has 7 heteroatoms. The van der Waals surface area contributed by atoms with Crippen LogP contribution < -0.4 is 10.0 Å². The second-order valence-corrected chi connectivity index (χ2v) is 10.8. The molecule has 1 aromatic rings. The van der Waals surface area contributed by atoms with E-state index in [1.165, 1.54) is 47.9 Å². The maximum Gasteiger partial charge on any atom is 0.332 e. The van der Waals surface area contributed by atoms with Crippen LogP contribution in [-0.4, -0.2) is 43.7 Å². The largest absolute Gasteiger partial charge is 0.332 e. The number of hydrogen-bond donors (Lipinski definition) is 2. The number of anilines is 1. The van der Waals surface area contributed by atoms with E-state index in [9.17, 15) is 13.2 Å². The Labute approximate surface area is 167 Å². The first-order chi connectivity index (χ1) is 13.5. The Kier molecular flexibility index (Phi) is 4.62. The number of urea groups is 1. The van der Waals surface area contributed by atoms with Crippen LogP contribution in [0.25, 0.3) is 0 Å². The van der Waals surface area contributed by atoms with E-state index in [0.29, 0.717) is 19.1 Å². The van der Waals surface area contributed by atoms with Crippen molar-refractivity contribution in [2.45, 2.75) is 75.5 Å². The molecule has 152 valence electrons. The molecule has 0 atom stereocenters. The van der Waals surface area contributed by atoms with Gasteiger partial charge in [0.15, 0.2) is 0 Å². The lowest BCUT2D eigenvalue weighted by Crippen LogP contribution is -2.60. The number of fused-ring (bicyclic) bond motifs is 2. The van der Waals surface area contributed by atoms with Gasteiger partial charge in [-0.05, 0) is 73.6 Å². The van der Waals surface area contributed by atoms with Crippen molar-refractivity contribution in [1.82, 2.24) is 9.62 Å². The molecule has 0 radical (unpaired) electrons. The van der Waals surface area contributed by atoms with Crippen molar-refractivity contribution in [3.8, 4) is 0 Å². The third kappa shape index (κ3) is 3.22. The molecule has 28 heavy (non-hydrogen) atoms. The zero-order valence-corrected chi connectivity index (χ0v) is 17.1. The van der Waals surface area contributed by atoms with Gasteiger partial charge < -0.3 is 5.32 Å². The monoisotopic (exact) mass is 403 g/mol. The van der Waals surface area contributed by atoms with E-state index in [0.717, 1.165) is 44.2 Å². The number of nitrogens with one attached hydrogen (secondary N) is 2. The summed E-state index contributed by atoms with van der Waals surface area (Å²) in [7, 11) is -3.64. The van der Waals surface area contributed by atoms with Crippen LogP contribution in [0.4, 0.5) is 10.5 Å². The Balaban J connectivity index is 1.26. The number of hydrogen-bond acceptors (Lipinski definition) is 4. The summed E-state index contributed by atoms with van der Waals surface area (Å²) < 4.78 is 27.6. The minimum Gasteiger partial charge on any atom is -0.307 e. The zero-order chi connectivity index (χ0) is 19.3. The topological polar surface area (TPSA) is 78.5 Å². The number of rotatable bonds is 4. The molecule has 1 heterocycles. The van der Waals surface area contributed by atoms with Crippen LogP contribution in [0.1, 0.15) is 60.8 Å². The standard InChI is InChI=1S/C21H29N3O3S/c25-21(23-28(26,27)17-12-24(13-17)16-7-1-2-8-16)22-20-18-9-3-5-14(18)11-15-6-4-10-19(15)20/h11,16-17H,1-10,12-13H2,(H2,22,23,25). The second kappa shape index (κ2) is 7.02. The molecule has 3 aliphatic carbocycles. The predicted molar refractivity (Wildman–Crippen MR) is 109 cm³/mol. The number of sulfonamides is 1. The summed E-state index contributed by atoms with van der Waals surface area (Å²) >= 11 is 0. The van der Waals surface area contributed by atoms with E-state index < -0.39 is 21.3 Å². The smallest absolute Gasteiger partial charge is 0.307 e. The summed E-state index contributed by atoms with van der Waals surface area (Å²) in [6.07, 6.45) is 11.1. The Morgan fingerprint density at radius 1 is 0.929 bits per heavy atom. The van der Waals surface area contributed by atoms with Crippen LogP contribution in [0.5, 0.6) is 0 Å². The summed E-state index contributed by atoms with van der Waals surface area (Å²) in [6.45, 7) is 1.09. The van der Waals surface area contributed by atoms with Crippen molar-refractivity contribution in [3.05, 3.63) is 28.3 Å². The predicted octanol–water partition coefficient (Wildman–Crippen LogP) is 2.74. The molecular formula is C21H29N3O3S. The van der Waals surface area contributed by atoms with Gasteiger partial charge >= 0.3 is 6.03 Å². The normalized spacial score (nSPS) is 22.7. The highest BCUT2D eigenvalue weighted by molar-refractivity contribution is 7.90. The number of amides is 2. The fraction of sp³-hybridized carbons (Fsp3) is 0.667. The van der Waals surface area contributed by atoms with E-state index in [1.807, 2.05) is 0 Å². The summed E-state index contributed by atoms with van der Waals surface area (Å²) in [4.78, 5) is 14.9. The Bertz CT molecular complexity index is 868. The van der Waals surface area contributed by atoms with Gasteiger partial charge in [0, 0.05) is 24.8 Å². The van der Waals surface area contributed by atoms with Gasteiger partial charge in [-0.15, -0.1) is 0 Å². The molecule has 1 saturated carbocycles. The first-order valence-corrected chi connectivity index (χ1v) is 12.3. The number of carbonyl (C=O) groups is 1. The molecule has 6 nitrogen and oxygen atoms in total. The number of carbonyl (C=O) groups excluding carboxylic acids is 1. The lowest BCUT2D eigenvalue weighted by Gasteiger charge is -2.42. The molecular weight excluding hydrogens is 374 g/mol. The van der Waals surface area contributed by atoms with Crippen LogP contribution in [0.3, 0.4) is 0 Å². The Hall–Kier alpha value is -1.60. The number of benzene rings is 1. The molecule has 4 aliphatic rings. The van der Waals surface area contributed by atoms with Gasteiger partial charge in [-0.3, -0.25) is 4.90 Å². The molecule has 0 bridgehead atoms. The minimum absolute atomic E-state index is 0.481. The molecule has 2 amide bonds. The van der Waals surface area contributed by atoms with Crippen molar-refractivity contribution < 1.29 is 13.2 Å². The fourth-order valence-electron chi connectivity index (χ4n) is 5.55. The first kappa shape index (κ1) is 18.4. The average molecular weight is 404 g/mol. The average Bonchev–Trinajstić information content (AvgIpc) is 3.33. The minimum atomic E-state index is -3.64. The maximum atomic E-state index is 12.6. The third-order valence-corrected chi connectivity index (χ3v) is 8.75. The lowest BCUT2D eigenvalue weighted by molar-refractivity contribution is 0.124. The van der Waals surface area contributed by atoms with Gasteiger partial charge in [0.1, 0.15) is 5.25 Å². The Morgan fingerprint density at radius 2 is 1.54 bits per heavy atom. The van der Waals surface area contributed by atoms with Gasteiger partial charge in [-0.2, -0.15) is 0 Å². The highest BCUT2D eigenvalue weighted by Gasteiger charge is 2.41. The number of nitrogens with zero attached hydrogens (tertiary/aromatic N) is 1. The second-order valence-electron chi connectivity index (χ2n) is 8.85. The molecule has 1 saturated heterocycles. The van der Waals surface area contributed by atoms with Gasteiger partial charge in [-0.25, -0.2) is 17.9 Å². The van der Waals surface area contributed by atoms with E-state index in [2.05, 4.69) is 21.0 Å². The maximum absolute atomic E-state index is 12.6. The number of likely N-dealkylation sites (tertiary alicyclic amines) is 1. The van der Waals surface area contributed by atoms with Crippen molar-refractivity contribution in [3.63, 3.8) is 0 Å². The summed E-state index contributed by atoms with van der Waals surface area (Å²) in [5.41, 5.74) is 5.96. The molecule has 1 aliphatic heterocycles.